The van der Waals surface area contributed by atoms with Gasteiger partial charge in [0.1, 0.15) is 0 Å². The van der Waals surface area contributed by atoms with Crippen LogP contribution in [0.2, 0.25) is 0 Å². The second-order valence-corrected chi connectivity index (χ2v) is 12.7. The lowest BCUT2D eigenvalue weighted by Crippen LogP contribution is -2.30. The van der Waals surface area contributed by atoms with Crippen LogP contribution in [0.3, 0.4) is 0 Å². The van der Waals surface area contributed by atoms with Crippen molar-refractivity contribution in [2.24, 2.45) is 0 Å². The van der Waals surface area contributed by atoms with E-state index >= 15 is 0 Å². The first-order valence-electron chi connectivity index (χ1n) is 12.1. The number of fused-ring (bicyclic) bond motifs is 7. The largest absolute Gasteiger partial charge is 0.274 e. The molecule has 3 nitrogen and oxygen atoms in total. The van der Waals surface area contributed by atoms with Crippen molar-refractivity contribution in [3.05, 3.63) is 43.6 Å². The van der Waals surface area contributed by atoms with Crippen molar-refractivity contribution in [3.63, 3.8) is 0 Å². The van der Waals surface area contributed by atoms with Crippen LogP contribution in [0, 0.1) is 0 Å². The zero-order valence-electron chi connectivity index (χ0n) is 19.0. The molecular weight excluding hydrogens is 487 g/mol. The summed E-state index contributed by atoms with van der Waals surface area (Å²) in [4.78, 5) is 27.4. The van der Waals surface area contributed by atoms with E-state index in [9.17, 15) is 9.59 Å². The fourth-order valence-electron chi connectivity index (χ4n) is 4.68. The number of thiophene rings is 4. The van der Waals surface area contributed by atoms with E-state index in [0.29, 0.717) is 6.54 Å². The summed E-state index contributed by atoms with van der Waals surface area (Å²) in [5.74, 6) is 0. The first kappa shape index (κ1) is 23.2. The molecule has 5 rings (SSSR count). The topological polar surface area (TPSA) is 39.1 Å². The summed E-state index contributed by atoms with van der Waals surface area (Å²) in [5.41, 5.74) is -0.208. The molecular formula is C26H29NO2S4. The van der Waals surface area contributed by atoms with Gasteiger partial charge in [-0.05, 0) is 29.3 Å². The Kier molecular flexibility index (Phi) is 7.30. The highest BCUT2D eigenvalue weighted by Gasteiger charge is 2.20. The molecule has 7 heteroatoms. The van der Waals surface area contributed by atoms with Crippen LogP contribution in [0.1, 0.15) is 71.1 Å². The zero-order chi connectivity index (χ0) is 22.8. The van der Waals surface area contributed by atoms with E-state index in [4.69, 9.17) is 0 Å². The Morgan fingerprint density at radius 2 is 1.09 bits per heavy atom. The molecule has 0 N–H and O–H groups in total. The SMILES string of the molecule is CCCCCCCCCCCCn1c(=O)c2c3sccc3sc2c2sc3ccsc3c2c1=O. The number of hydrogen-bond donors (Lipinski definition) is 0. The van der Waals surface area contributed by atoms with Gasteiger partial charge in [0.05, 0.1) is 29.6 Å². The Bertz CT molecular complexity index is 1410. The summed E-state index contributed by atoms with van der Waals surface area (Å²) in [6.45, 7) is 2.77. The number of unbranched alkanes of at least 4 members (excludes halogenated alkanes) is 9. The van der Waals surface area contributed by atoms with Crippen LogP contribution in [-0.2, 0) is 6.54 Å². The smallest absolute Gasteiger partial charge is 0.263 e. The van der Waals surface area contributed by atoms with Gasteiger partial charge in [-0.25, -0.2) is 0 Å². The average Bonchev–Trinajstić information content (AvgIpc) is 3.55. The normalized spacial score (nSPS) is 12.2. The Balaban J connectivity index is 1.42. The predicted octanol–water partition coefficient (Wildman–Crippen LogP) is 8.99. The maximum absolute atomic E-state index is 13.7. The highest BCUT2D eigenvalue weighted by atomic mass is 32.1. The molecule has 0 bridgehead atoms. The minimum atomic E-state index is -0.104. The van der Waals surface area contributed by atoms with E-state index in [1.165, 1.54) is 51.4 Å². The summed E-state index contributed by atoms with van der Waals surface area (Å²) in [6.07, 6.45) is 12.4. The summed E-state index contributed by atoms with van der Waals surface area (Å²) < 4.78 is 7.89. The van der Waals surface area contributed by atoms with Crippen molar-refractivity contribution >= 4 is 84.3 Å². The lowest BCUT2D eigenvalue weighted by Gasteiger charge is -2.04. The van der Waals surface area contributed by atoms with Crippen molar-refractivity contribution in [2.75, 3.05) is 0 Å². The van der Waals surface area contributed by atoms with Crippen LogP contribution in [0.15, 0.2) is 32.5 Å². The Hall–Kier alpha value is -1.54. The molecule has 0 radical (unpaired) electrons. The first-order chi connectivity index (χ1) is 16.2. The van der Waals surface area contributed by atoms with Gasteiger partial charge in [-0.15, -0.1) is 45.3 Å². The monoisotopic (exact) mass is 515 g/mol. The van der Waals surface area contributed by atoms with Gasteiger partial charge in [-0.2, -0.15) is 0 Å². The average molecular weight is 516 g/mol. The van der Waals surface area contributed by atoms with Gasteiger partial charge in [0, 0.05) is 15.9 Å². The summed E-state index contributed by atoms with van der Waals surface area (Å²) in [7, 11) is 0. The molecule has 0 spiro atoms. The maximum Gasteiger partial charge on any atom is 0.263 e. The maximum atomic E-state index is 13.7. The van der Waals surface area contributed by atoms with E-state index in [2.05, 4.69) is 19.1 Å². The number of rotatable bonds is 11. The highest BCUT2D eigenvalue weighted by molar-refractivity contribution is 7.38. The molecule has 0 aliphatic rings. The highest BCUT2D eigenvalue weighted by Crippen LogP contribution is 2.43. The molecule has 33 heavy (non-hydrogen) atoms. The Morgan fingerprint density at radius 3 is 1.58 bits per heavy atom. The lowest BCUT2D eigenvalue weighted by atomic mass is 10.1. The Labute approximate surface area is 209 Å². The molecule has 5 heterocycles. The van der Waals surface area contributed by atoms with Gasteiger partial charge in [-0.3, -0.25) is 14.2 Å². The third-order valence-electron chi connectivity index (χ3n) is 6.45. The van der Waals surface area contributed by atoms with Crippen LogP contribution in [0.5, 0.6) is 0 Å². The van der Waals surface area contributed by atoms with Gasteiger partial charge in [0.2, 0.25) is 0 Å². The van der Waals surface area contributed by atoms with Crippen LogP contribution >= 0.6 is 45.3 Å². The molecule has 0 amide bonds. The molecule has 0 aliphatic heterocycles. The quantitative estimate of drug-likeness (QED) is 0.165. The molecule has 0 unspecified atom stereocenters. The number of aromatic nitrogens is 1. The zero-order valence-corrected chi connectivity index (χ0v) is 22.3. The second kappa shape index (κ2) is 10.4. The van der Waals surface area contributed by atoms with E-state index < -0.39 is 0 Å². The summed E-state index contributed by atoms with van der Waals surface area (Å²) >= 11 is 6.54. The molecule has 174 valence electrons. The number of nitrogens with zero attached hydrogens (tertiary/aromatic N) is 1. The molecule has 5 aromatic heterocycles. The first-order valence-corrected chi connectivity index (χ1v) is 15.5. The molecule has 0 atom stereocenters. The molecule has 0 aromatic carbocycles. The van der Waals surface area contributed by atoms with Crippen molar-refractivity contribution in [2.45, 2.75) is 77.7 Å². The van der Waals surface area contributed by atoms with E-state index in [1.54, 1.807) is 49.9 Å². The van der Waals surface area contributed by atoms with Crippen molar-refractivity contribution < 1.29 is 0 Å². The van der Waals surface area contributed by atoms with Gasteiger partial charge < -0.3 is 0 Å². The minimum Gasteiger partial charge on any atom is -0.274 e. The van der Waals surface area contributed by atoms with Crippen molar-refractivity contribution in [3.8, 4) is 0 Å². The van der Waals surface area contributed by atoms with Crippen molar-refractivity contribution in [1.82, 2.24) is 4.57 Å². The summed E-state index contributed by atoms with van der Waals surface area (Å²) in [6, 6.07) is 4.19. The van der Waals surface area contributed by atoms with Gasteiger partial charge >= 0.3 is 0 Å². The van der Waals surface area contributed by atoms with Crippen LogP contribution in [0.25, 0.3) is 39.0 Å². The van der Waals surface area contributed by atoms with Crippen molar-refractivity contribution in [1.29, 1.82) is 0 Å². The fraction of sp³-hybridized carbons (Fsp3) is 0.462. The van der Waals surface area contributed by atoms with Crippen LogP contribution in [-0.4, -0.2) is 4.57 Å². The minimum absolute atomic E-state index is 0.104. The molecule has 0 aliphatic carbocycles. The van der Waals surface area contributed by atoms with Gasteiger partial charge in [0.15, 0.2) is 0 Å². The molecule has 5 aromatic rings. The van der Waals surface area contributed by atoms with E-state index in [0.717, 1.165) is 51.8 Å². The Morgan fingerprint density at radius 1 is 0.636 bits per heavy atom. The second-order valence-electron chi connectivity index (χ2n) is 8.78. The summed E-state index contributed by atoms with van der Waals surface area (Å²) in [5, 5.41) is 5.58. The molecule has 0 saturated heterocycles. The third kappa shape index (κ3) is 4.45. The van der Waals surface area contributed by atoms with Gasteiger partial charge in [-0.1, -0.05) is 64.7 Å². The molecule has 0 fully saturated rings. The standard InChI is InChI=1S/C26H29NO2S4/c1-2-3-4-5-6-7-8-9-10-11-14-27-25(28)19-21-17(12-15-30-21)32-23(19)24-20(26(27)29)22-18(33-24)13-16-31-22/h12-13,15-16H,2-11,14H2,1H3. The lowest BCUT2D eigenvalue weighted by molar-refractivity contribution is 0.528. The van der Waals surface area contributed by atoms with Crippen LogP contribution in [0.4, 0.5) is 0 Å². The van der Waals surface area contributed by atoms with Crippen LogP contribution < -0.4 is 11.1 Å². The van der Waals surface area contributed by atoms with E-state index in [1.807, 2.05) is 10.8 Å². The fourth-order valence-corrected chi connectivity index (χ4v) is 9.51. The molecule has 0 saturated carbocycles. The predicted molar refractivity (Wildman–Crippen MR) is 150 cm³/mol. The van der Waals surface area contributed by atoms with Gasteiger partial charge in [0.25, 0.3) is 11.1 Å². The number of hydrogen-bond acceptors (Lipinski definition) is 6. The van der Waals surface area contributed by atoms with E-state index in [-0.39, 0.29) is 11.1 Å². The third-order valence-corrected chi connectivity index (χ3v) is 11.0.